The van der Waals surface area contributed by atoms with Gasteiger partial charge in [0.2, 0.25) is 0 Å². The minimum atomic E-state index is 0.241. The van der Waals surface area contributed by atoms with Gasteiger partial charge in [0.1, 0.15) is 5.75 Å². The highest BCUT2D eigenvalue weighted by Crippen LogP contribution is 2.32. The largest absolute Gasteiger partial charge is 0.491 e. The summed E-state index contributed by atoms with van der Waals surface area (Å²) in [6.45, 7) is 7.10. The molecule has 0 aliphatic carbocycles. The lowest BCUT2D eigenvalue weighted by atomic mass is 9.93. The van der Waals surface area contributed by atoms with Gasteiger partial charge in [-0.05, 0) is 17.9 Å². The Morgan fingerprint density at radius 2 is 1.75 bits per heavy atom. The van der Waals surface area contributed by atoms with Crippen LogP contribution >= 0.6 is 23.2 Å². The molecule has 0 amide bonds. The van der Waals surface area contributed by atoms with Crippen molar-refractivity contribution in [2.45, 2.75) is 27.2 Å². The number of ether oxygens (including phenoxy) is 1. The van der Waals surface area contributed by atoms with Gasteiger partial charge >= 0.3 is 0 Å². The SMILES string of the molecule is CC(C)(C)CCOc1cc(Cl)c(Cl)cc1N. The maximum absolute atomic E-state index is 5.89. The van der Waals surface area contributed by atoms with Crippen molar-refractivity contribution in [1.82, 2.24) is 0 Å². The third kappa shape index (κ3) is 4.11. The summed E-state index contributed by atoms with van der Waals surface area (Å²) in [6, 6.07) is 3.26. The van der Waals surface area contributed by atoms with Crippen molar-refractivity contribution in [3.63, 3.8) is 0 Å². The first-order chi connectivity index (χ1) is 7.29. The van der Waals surface area contributed by atoms with Crippen LogP contribution in [0.2, 0.25) is 10.0 Å². The highest BCUT2D eigenvalue weighted by molar-refractivity contribution is 6.42. The number of rotatable bonds is 3. The van der Waals surface area contributed by atoms with E-state index in [0.29, 0.717) is 28.1 Å². The summed E-state index contributed by atoms with van der Waals surface area (Å²) in [5, 5.41) is 0.906. The topological polar surface area (TPSA) is 35.2 Å². The van der Waals surface area contributed by atoms with E-state index in [9.17, 15) is 0 Å². The van der Waals surface area contributed by atoms with Gasteiger partial charge in [0.05, 0.1) is 22.3 Å². The van der Waals surface area contributed by atoms with Gasteiger partial charge in [-0.25, -0.2) is 0 Å². The van der Waals surface area contributed by atoms with Crippen LogP contribution in [0.15, 0.2) is 12.1 Å². The lowest BCUT2D eigenvalue weighted by Crippen LogP contribution is -2.11. The van der Waals surface area contributed by atoms with E-state index in [1.165, 1.54) is 0 Å². The van der Waals surface area contributed by atoms with Gasteiger partial charge in [-0.15, -0.1) is 0 Å². The van der Waals surface area contributed by atoms with Gasteiger partial charge in [0.15, 0.2) is 0 Å². The van der Waals surface area contributed by atoms with Crippen molar-refractivity contribution in [2.24, 2.45) is 5.41 Å². The van der Waals surface area contributed by atoms with Gasteiger partial charge in [0, 0.05) is 6.07 Å². The lowest BCUT2D eigenvalue weighted by molar-refractivity contribution is 0.244. The van der Waals surface area contributed by atoms with Gasteiger partial charge in [-0.3, -0.25) is 0 Å². The van der Waals surface area contributed by atoms with Crippen molar-refractivity contribution in [2.75, 3.05) is 12.3 Å². The molecular weight excluding hydrogens is 245 g/mol. The van der Waals surface area contributed by atoms with Crippen LogP contribution in [0.3, 0.4) is 0 Å². The zero-order valence-electron chi connectivity index (χ0n) is 9.81. The van der Waals surface area contributed by atoms with Crippen LogP contribution in [0, 0.1) is 5.41 Å². The van der Waals surface area contributed by atoms with Crippen LogP contribution in [-0.4, -0.2) is 6.61 Å². The quantitative estimate of drug-likeness (QED) is 0.820. The van der Waals surface area contributed by atoms with E-state index >= 15 is 0 Å². The molecule has 2 nitrogen and oxygen atoms in total. The maximum atomic E-state index is 5.89. The average Bonchev–Trinajstić information content (AvgIpc) is 2.11. The van der Waals surface area contributed by atoms with Crippen LogP contribution < -0.4 is 10.5 Å². The van der Waals surface area contributed by atoms with Gasteiger partial charge in [0.25, 0.3) is 0 Å². The number of hydrogen-bond acceptors (Lipinski definition) is 2. The first kappa shape index (κ1) is 13.5. The highest BCUT2D eigenvalue weighted by Gasteiger charge is 2.11. The van der Waals surface area contributed by atoms with Gasteiger partial charge in [-0.1, -0.05) is 44.0 Å². The number of hydrogen-bond donors (Lipinski definition) is 1. The molecule has 2 N–H and O–H groups in total. The Labute approximate surface area is 107 Å². The molecule has 1 aromatic rings. The lowest BCUT2D eigenvalue weighted by Gasteiger charge is -2.18. The number of nitrogens with two attached hydrogens (primary N) is 1. The molecule has 0 bridgehead atoms. The second-order valence-corrected chi connectivity index (χ2v) is 5.78. The summed E-state index contributed by atoms with van der Waals surface area (Å²) in [5.74, 6) is 0.596. The second kappa shape index (κ2) is 5.15. The van der Waals surface area contributed by atoms with E-state index < -0.39 is 0 Å². The first-order valence-corrected chi connectivity index (χ1v) is 5.92. The molecule has 0 aliphatic rings. The molecule has 0 saturated heterocycles. The highest BCUT2D eigenvalue weighted by atomic mass is 35.5. The fourth-order valence-electron chi connectivity index (χ4n) is 1.14. The molecule has 0 aromatic heterocycles. The van der Waals surface area contributed by atoms with Crippen molar-refractivity contribution in [3.05, 3.63) is 22.2 Å². The van der Waals surface area contributed by atoms with Gasteiger partial charge < -0.3 is 10.5 Å². The fourth-order valence-corrected chi connectivity index (χ4v) is 1.46. The molecule has 0 spiro atoms. The number of nitrogen functional groups attached to an aromatic ring is 1. The summed E-state index contributed by atoms with van der Waals surface area (Å²) in [7, 11) is 0. The summed E-state index contributed by atoms with van der Waals surface area (Å²) in [6.07, 6.45) is 0.951. The Balaban J connectivity index is 2.64. The summed E-state index contributed by atoms with van der Waals surface area (Å²) in [5.41, 5.74) is 6.53. The predicted octanol–water partition coefficient (Wildman–Crippen LogP) is 4.39. The predicted molar refractivity (Wildman–Crippen MR) is 70.4 cm³/mol. The van der Waals surface area contributed by atoms with Crippen molar-refractivity contribution >= 4 is 28.9 Å². The molecular formula is C12H17Cl2NO. The van der Waals surface area contributed by atoms with Gasteiger partial charge in [-0.2, -0.15) is 0 Å². The molecule has 0 heterocycles. The molecule has 90 valence electrons. The van der Waals surface area contributed by atoms with E-state index in [4.69, 9.17) is 33.7 Å². The monoisotopic (exact) mass is 261 g/mol. The molecule has 1 rings (SSSR count). The van der Waals surface area contributed by atoms with Crippen molar-refractivity contribution in [3.8, 4) is 5.75 Å². The molecule has 4 heteroatoms. The van der Waals surface area contributed by atoms with Crippen LogP contribution in [0.4, 0.5) is 5.69 Å². The zero-order chi connectivity index (χ0) is 12.3. The first-order valence-electron chi connectivity index (χ1n) is 5.17. The normalized spacial score (nSPS) is 11.6. The standard InChI is InChI=1S/C12H17Cl2NO/c1-12(2,3)4-5-16-11-7-9(14)8(13)6-10(11)15/h6-7H,4-5,15H2,1-3H3. The third-order valence-electron chi connectivity index (χ3n) is 2.16. The molecule has 16 heavy (non-hydrogen) atoms. The number of anilines is 1. The van der Waals surface area contributed by atoms with Crippen LogP contribution in [-0.2, 0) is 0 Å². The number of halogens is 2. The maximum Gasteiger partial charge on any atom is 0.143 e. The third-order valence-corrected chi connectivity index (χ3v) is 2.88. The molecule has 1 aromatic carbocycles. The Kier molecular flexibility index (Phi) is 4.34. The van der Waals surface area contributed by atoms with E-state index in [1.54, 1.807) is 12.1 Å². The molecule has 0 radical (unpaired) electrons. The fraction of sp³-hybridized carbons (Fsp3) is 0.500. The smallest absolute Gasteiger partial charge is 0.143 e. The molecule has 0 fully saturated rings. The molecule has 0 atom stereocenters. The van der Waals surface area contributed by atoms with Crippen LogP contribution in [0.1, 0.15) is 27.2 Å². The Bertz CT molecular complexity index is 372. The minimum absolute atomic E-state index is 0.241. The number of benzene rings is 1. The molecule has 0 saturated carbocycles. The minimum Gasteiger partial charge on any atom is -0.491 e. The average molecular weight is 262 g/mol. The summed E-state index contributed by atoms with van der Waals surface area (Å²) in [4.78, 5) is 0. The van der Waals surface area contributed by atoms with E-state index in [2.05, 4.69) is 20.8 Å². The van der Waals surface area contributed by atoms with Crippen LogP contribution in [0.25, 0.3) is 0 Å². The van der Waals surface area contributed by atoms with E-state index in [0.717, 1.165) is 6.42 Å². The molecule has 0 aliphatic heterocycles. The Hall–Kier alpha value is -0.600. The van der Waals surface area contributed by atoms with E-state index in [1.807, 2.05) is 0 Å². The van der Waals surface area contributed by atoms with Crippen molar-refractivity contribution < 1.29 is 4.74 Å². The second-order valence-electron chi connectivity index (χ2n) is 4.96. The Morgan fingerprint density at radius 3 is 2.31 bits per heavy atom. The van der Waals surface area contributed by atoms with Crippen molar-refractivity contribution in [1.29, 1.82) is 0 Å². The Morgan fingerprint density at radius 1 is 1.19 bits per heavy atom. The summed E-state index contributed by atoms with van der Waals surface area (Å²) < 4.78 is 5.58. The van der Waals surface area contributed by atoms with Crippen LogP contribution in [0.5, 0.6) is 5.75 Å². The van der Waals surface area contributed by atoms with E-state index in [-0.39, 0.29) is 5.41 Å². The summed E-state index contributed by atoms with van der Waals surface area (Å²) >= 11 is 11.7. The zero-order valence-corrected chi connectivity index (χ0v) is 11.3. The molecule has 0 unspecified atom stereocenters.